The van der Waals surface area contributed by atoms with E-state index in [1.54, 1.807) is 11.8 Å². The van der Waals surface area contributed by atoms with Crippen molar-refractivity contribution in [2.24, 2.45) is 0 Å². The number of morpholine rings is 1. The average molecular weight is 470 g/mol. The van der Waals surface area contributed by atoms with Gasteiger partial charge in [0, 0.05) is 34.8 Å². The number of nitrogens with zero attached hydrogens (tertiary/aromatic N) is 6. The van der Waals surface area contributed by atoms with E-state index >= 15 is 0 Å². The van der Waals surface area contributed by atoms with Crippen molar-refractivity contribution in [3.05, 3.63) is 41.5 Å². The van der Waals surface area contributed by atoms with Gasteiger partial charge in [-0.25, -0.2) is 9.97 Å². The Hall–Kier alpha value is -2.89. The molecule has 9 nitrogen and oxygen atoms in total. The molecule has 1 aliphatic heterocycles. The fourth-order valence-electron chi connectivity index (χ4n) is 3.60. The van der Waals surface area contributed by atoms with Crippen LogP contribution in [0.15, 0.2) is 46.4 Å². The Bertz CT molecular complexity index is 1240. The van der Waals surface area contributed by atoms with Gasteiger partial charge in [0.2, 0.25) is 5.95 Å². The summed E-state index contributed by atoms with van der Waals surface area (Å²) in [5.74, 6) is 2.60. The number of fused-ring (bicyclic) bond motifs is 1. The topological polar surface area (TPSA) is 98.1 Å². The molecule has 1 unspecified atom stereocenters. The molecule has 0 bridgehead atoms. The Labute approximate surface area is 192 Å². The molecule has 1 aromatic carbocycles. The van der Waals surface area contributed by atoms with E-state index in [9.17, 15) is 4.21 Å². The lowest BCUT2D eigenvalue weighted by Crippen LogP contribution is -2.42. The first-order valence-corrected chi connectivity index (χ1v) is 12.6. The van der Waals surface area contributed by atoms with Crippen molar-refractivity contribution in [1.29, 1.82) is 0 Å². The molecule has 1 aliphatic rings. The van der Waals surface area contributed by atoms with Gasteiger partial charge < -0.3 is 15.0 Å². The predicted molar refractivity (Wildman–Crippen MR) is 127 cm³/mol. The van der Waals surface area contributed by atoms with Crippen LogP contribution in [0, 0.1) is 0 Å². The van der Waals surface area contributed by atoms with Crippen LogP contribution >= 0.6 is 11.3 Å². The molecule has 0 aliphatic carbocycles. The molecule has 2 atom stereocenters. The number of anilines is 3. The summed E-state index contributed by atoms with van der Waals surface area (Å²) in [4.78, 5) is 21.6. The normalized spacial score (nSPS) is 17.6. The van der Waals surface area contributed by atoms with Crippen LogP contribution in [0.4, 0.5) is 17.5 Å². The smallest absolute Gasteiger partial charge is 0.229 e. The molecule has 0 amide bonds. The molecule has 4 heterocycles. The molecule has 0 radical (unpaired) electrons. The van der Waals surface area contributed by atoms with E-state index in [1.165, 1.54) is 11.3 Å². The lowest BCUT2D eigenvalue weighted by molar-refractivity contribution is 0.0526. The summed E-state index contributed by atoms with van der Waals surface area (Å²) in [6.07, 6.45) is 1.83. The number of aromatic nitrogens is 5. The van der Waals surface area contributed by atoms with E-state index in [1.807, 2.05) is 48.1 Å². The standard InChI is InChI=1S/C21H23N7O2S2/c1-3-32(29)16-6-4-15(5-7-16)24-19-18-20(28(12-22-18)17-11-31-13-23-17)26-21(25-19)27-8-9-30-14(2)10-27/h4-7,11-14H,3,8-10H2,1-2H3,(H,24,25,26)/t14-,32?/m1/s1. The molecular formula is C21H23N7O2S2. The van der Waals surface area contributed by atoms with E-state index in [2.05, 4.69) is 20.2 Å². The summed E-state index contributed by atoms with van der Waals surface area (Å²) < 4.78 is 19.6. The zero-order valence-corrected chi connectivity index (χ0v) is 19.4. The quantitative estimate of drug-likeness (QED) is 0.459. The minimum Gasteiger partial charge on any atom is -0.375 e. The number of benzene rings is 1. The molecule has 1 N–H and O–H groups in total. The SMILES string of the molecule is CCS(=O)c1ccc(Nc2nc(N3CCO[C@H](C)C3)nc3c2ncn3-c2cscn2)cc1. The Morgan fingerprint density at radius 3 is 2.81 bits per heavy atom. The van der Waals surface area contributed by atoms with Gasteiger partial charge in [-0.2, -0.15) is 9.97 Å². The number of ether oxygens (including phenoxy) is 1. The maximum absolute atomic E-state index is 12.1. The third kappa shape index (κ3) is 4.10. The van der Waals surface area contributed by atoms with Gasteiger partial charge in [-0.15, -0.1) is 11.3 Å². The van der Waals surface area contributed by atoms with E-state index < -0.39 is 10.8 Å². The second-order valence-corrected chi connectivity index (χ2v) is 9.88. The molecule has 166 valence electrons. The van der Waals surface area contributed by atoms with Gasteiger partial charge in [-0.05, 0) is 31.2 Å². The number of hydrogen-bond donors (Lipinski definition) is 1. The van der Waals surface area contributed by atoms with Gasteiger partial charge in [0.15, 0.2) is 22.8 Å². The zero-order chi connectivity index (χ0) is 22.1. The van der Waals surface area contributed by atoms with Crippen LogP contribution < -0.4 is 10.2 Å². The molecule has 11 heteroatoms. The second-order valence-electron chi connectivity index (χ2n) is 7.42. The molecular weight excluding hydrogens is 446 g/mol. The fourth-order valence-corrected chi connectivity index (χ4v) is 4.90. The molecule has 1 saturated heterocycles. The first kappa shape index (κ1) is 21.0. The van der Waals surface area contributed by atoms with Crippen LogP contribution in [0.25, 0.3) is 17.0 Å². The third-order valence-corrected chi connectivity index (χ3v) is 7.11. The highest BCUT2D eigenvalue weighted by atomic mass is 32.2. The fraction of sp³-hybridized carbons (Fsp3) is 0.333. The summed E-state index contributed by atoms with van der Waals surface area (Å²) in [6.45, 7) is 6.02. The molecule has 1 fully saturated rings. The monoisotopic (exact) mass is 469 g/mol. The third-order valence-electron chi connectivity index (χ3n) is 5.22. The van der Waals surface area contributed by atoms with Gasteiger partial charge in [0.05, 0.1) is 29.0 Å². The maximum Gasteiger partial charge on any atom is 0.229 e. The Kier molecular flexibility index (Phi) is 5.85. The number of rotatable bonds is 6. The number of imidazole rings is 1. The van der Waals surface area contributed by atoms with Crippen LogP contribution in [-0.2, 0) is 15.5 Å². The van der Waals surface area contributed by atoms with Gasteiger partial charge in [0.1, 0.15) is 6.33 Å². The summed E-state index contributed by atoms with van der Waals surface area (Å²) >= 11 is 1.52. The Morgan fingerprint density at radius 2 is 2.09 bits per heavy atom. The molecule has 3 aromatic heterocycles. The predicted octanol–water partition coefficient (Wildman–Crippen LogP) is 3.37. The van der Waals surface area contributed by atoms with Crippen molar-refractivity contribution in [3.8, 4) is 5.82 Å². The molecule has 5 rings (SSSR count). The van der Waals surface area contributed by atoms with Crippen LogP contribution in [0.2, 0.25) is 0 Å². The van der Waals surface area contributed by atoms with Crippen molar-refractivity contribution in [1.82, 2.24) is 24.5 Å². The van der Waals surface area contributed by atoms with E-state index in [4.69, 9.17) is 14.7 Å². The molecule has 0 saturated carbocycles. The van der Waals surface area contributed by atoms with E-state index in [0.717, 1.165) is 22.9 Å². The van der Waals surface area contributed by atoms with E-state index in [-0.39, 0.29) is 6.10 Å². The van der Waals surface area contributed by atoms with Crippen LogP contribution in [0.1, 0.15) is 13.8 Å². The van der Waals surface area contributed by atoms with Gasteiger partial charge in [-0.1, -0.05) is 6.92 Å². The van der Waals surface area contributed by atoms with Crippen LogP contribution in [0.5, 0.6) is 0 Å². The zero-order valence-electron chi connectivity index (χ0n) is 17.8. The minimum atomic E-state index is -0.985. The lowest BCUT2D eigenvalue weighted by atomic mass is 10.3. The highest BCUT2D eigenvalue weighted by molar-refractivity contribution is 7.85. The highest BCUT2D eigenvalue weighted by Crippen LogP contribution is 2.28. The summed E-state index contributed by atoms with van der Waals surface area (Å²) in [6, 6.07) is 7.56. The van der Waals surface area contributed by atoms with Gasteiger partial charge in [-0.3, -0.25) is 8.78 Å². The summed E-state index contributed by atoms with van der Waals surface area (Å²) in [5.41, 5.74) is 3.97. The highest BCUT2D eigenvalue weighted by Gasteiger charge is 2.23. The van der Waals surface area contributed by atoms with Crippen molar-refractivity contribution in [2.75, 3.05) is 35.7 Å². The lowest BCUT2D eigenvalue weighted by Gasteiger charge is -2.31. The summed E-state index contributed by atoms with van der Waals surface area (Å²) in [7, 11) is -0.985. The Balaban J connectivity index is 1.56. The average Bonchev–Trinajstić information content (AvgIpc) is 3.49. The number of thiazole rings is 1. The van der Waals surface area contributed by atoms with Crippen LogP contribution in [-0.4, -0.2) is 60.3 Å². The second kappa shape index (κ2) is 8.93. The van der Waals surface area contributed by atoms with Crippen molar-refractivity contribution in [2.45, 2.75) is 24.8 Å². The molecule has 4 aromatic rings. The minimum absolute atomic E-state index is 0.106. The largest absolute Gasteiger partial charge is 0.375 e. The number of nitrogens with one attached hydrogen (secondary N) is 1. The van der Waals surface area contributed by atoms with Crippen molar-refractivity contribution >= 4 is 50.8 Å². The maximum atomic E-state index is 12.1. The number of hydrogen-bond acceptors (Lipinski definition) is 9. The van der Waals surface area contributed by atoms with Crippen molar-refractivity contribution < 1.29 is 8.95 Å². The summed E-state index contributed by atoms with van der Waals surface area (Å²) in [5, 5.41) is 5.34. The van der Waals surface area contributed by atoms with Crippen LogP contribution in [0.3, 0.4) is 0 Å². The van der Waals surface area contributed by atoms with Gasteiger partial charge in [0.25, 0.3) is 0 Å². The van der Waals surface area contributed by atoms with Crippen molar-refractivity contribution in [3.63, 3.8) is 0 Å². The van der Waals surface area contributed by atoms with Gasteiger partial charge >= 0.3 is 0 Å². The Morgan fingerprint density at radius 1 is 1.25 bits per heavy atom. The molecule has 0 spiro atoms. The molecule has 32 heavy (non-hydrogen) atoms. The first-order chi connectivity index (χ1) is 15.6. The van der Waals surface area contributed by atoms with E-state index in [0.29, 0.717) is 41.8 Å². The first-order valence-electron chi connectivity index (χ1n) is 10.4.